The molecule has 0 aliphatic carbocycles. The molecule has 2 heterocycles. The lowest BCUT2D eigenvalue weighted by atomic mass is 9.94. The van der Waals surface area contributed by atoms with Gasteiger partial charge in [-0.3, -0.25) is 9.69 Å². The Morgan fingerprint density at radius 3 is 3.12 bits per heavy atom. The van der Waals surface area contributed by atoms with Crippen molar-refractivity contribution in [2.24, 2.45) is 5.92 Å². The highest BCUT2D eigenvalue weighted by Crippen LogP contribution is 2.24. The Kier molecular flexibility index (Phi) is 4.80. The molecule has 17 heavy (non-hydrogen) atoms. The fraction of sp³-hybridized carbons (Fsp3) is 0.923. The van der Waals surface area contributed by atoms with Gasteiger partial charge in [0.25, 0.3) is 0 Å². The van der Waals surface area contributed by atoms with Crippen molar-refractivity contribution in [3.63, 3.8) is 0 Å². The van der Waals surface area contributed by atoms with Gasteiger partial charge in [-0.1, -0.05) is 13.3 Å². The number of nitrogens with zero attached hydrogens (tertiary/aromatic N) is 1. The van der Waals surface area contributed by atoms with Crippen molar-refractivity contribution in [1.29, 1.82) is 0 Å². The summed E-state index contributed by atoms with van der Waals surface area (Å²) in [7, 11) is 0. The summed E-state index contributed by atoms with van der Waals surface area (Å²) in [5.41, 5.74) is 0. The average Bonchev–Trinajstić information content (AvgIpc) is 2.71. The zero-order chi connectivity index (χ0) is 12.1. The summed E-state index contributed by atoms with van der Waals surface area (Å²) in [6.07, 6.45) is 4.83. The van der Waals surface area contributed by atoms with Gasteiger partial charge in [0.15, 0.2) is 0 Å². The zero-order valence-corrected chi connectivity index (χ0v) is 10.9. The maximum Gasteiger partial charge on any atom is 0.234 e. The molecule has 0 bridgehead atoms. The van der Waals surface area contributed by atoms with E-state index in [1.807, 2.05) is 0 Å². The topological polar surface area (TPSA) is 44.4 Å². The maximum atomic E-state index is 11.7. The van der Waals surface area contributed by atoms with Crippen LogP contribution in [0.5, 0.6) is 0 Å². The summed E-state index contributed by atoms with van der Waals surface area (Å²) in [5, 5.41) is 6.55. The van der Waals surface area contributed by atoms with Gasteiger partial charge in [-0.25, -0.2) is 0 Å². The summed E-state index contributed by atoms with van der Waals surface area (Å²) in [6, 6.07) is 0.632. The molecule has 4 nitrogen and oxygen atoms in total. The summed E-state index contributed by atoms with van der Waals surface area (Å²) in [5.74, 6) is 0.962. The number of unbranched alkanes of at least 4 members (excludes halogenated alkanes) is 1. The molecule has 0 aromatic rings. The van der Waals surface area contributed by atoms with E-state index in [-0.39, 0.29) is 5.91 Å². The molecule has 0 unspecified atom stereocenters. The summed E-state index contributed by atoms with van der Waals surface area (Å²) in [4.78, 5) is 14.0. The van der Waals surface area contributed by atoms with Crippen LogP contribution in [0.1, 0.15) is 32.6 Å². The predicted molar refractivity (Wildman–Crippen MR) is 68.9 cm³/mol. The molecule has 2 saturated heterocycles. The smallest absolute Gasteiger partial charge is 0.234 e. The lowest BCUT2D eigenvalue weighted by molar-refractivity contribution is -0.122. The number of hydrogen-bond donors (Lipinski definition) is 2. The lowest BCUT2D eigenvalue weighted by Crippen LogP contribution is -2.41. The van der Waals surface area contributed by atoms with Crippen LogP contribution in [0.15, 0.2) is 0 Å². The minimum atomic E-state index is 0.192. The Hall–Kier alpha value is -0.610. The highest BCUT2D eigenvalue weighted by molar-refractivity contribution is 5.78. The van der Waals surface area contributed by atoms with Crippen LogP contribution in [-0.4, -0.2) is 49.6 Å². The van der Waals surface area contributed by atoms with E-state index in [0.717, 1.165) is 44.9 Å². The van der Waals surface area contributed by atoms with Gasteiger partial charge < -0.3 is 10.6 Å². The average molecular weight is 239 g/mol. The van der Waals surface area contributed by atoms with Crippen LogP contribution in [0.25, 0.3) is 0 Å². The van der Waals surface area contributed by atoms with E-state index in [0.29, 0.717) is 12.6 Å². The first kappa shape index (κ1) is 12.8. The molecule has 4 heteroatoms. The van der Waals surface area contributed by atoms with Crippen molar-refractivity contribution in [2.75, 3.05) is 32.7 Å². The molecule has 2 aliphatic rings. The van der Waals surface area contributed by atoms with E-state index in [1.165, 1.54) is 12.8 Å². The third-order valence-electron chi connectivity index (χ3n) is 3.89. The fourth-order valence-corrected chi connectivity index (χ4v) is 2.93. The molecule has 1 amide bonds. The molecule has 0 aromatic heterocycles. The third kappa shape index (κ3) is 3.68. The van der Waals surface area contributed by atoms with Crippen LogP contribution in [0.4, 0.5) is 0 Å². The molecular formula is C13H25N3O. The van der Waals surface area contributed by atoms with Gasteiger partial charge in [-0.15, -0.1) is 0 Å². The number of likely N-dealkylation sites (tertiary alicyclic amines) is 1. The van der Waals surface area contributed by atoms with E-state index >= 15 is 0 Å². The quantitative estimate of drug-likeness (QED) is 0.690. The van der Waals surface area contributed by atoms with Crippen molar-refractivity contribution in [3.05, 3.63) is 0 Å². The predicted octanol–water partition coefficient (Wildman–Crippen LogP) is 0.587. The molecule has 2 fully saturated rings. The van der Waals surface area contributed by atoms with Gasteiger partial charge in [0.05, 0.1) is 6.54 Å². The number of piperidine rings is 1. The monoisotopic (exact) mass is 239 g/mol. The Balaban J connectivity index is 1.68. The van der Waals surface area contributed by atoms with Crippen molar-refractivity contribution in [1.82, 2.24) is 15.5 Å². The number of carbonyl (C=O) groups excluding carboxylic acids is 1. The minimum absolute atomic E-state index is 0.192. The lowest BCUT2D eigenvalue weighted by Gasteiger charge is -2.24. The standard InChI is InChI=1S/C13H25N3O/c1-2-3-6-15-13(17)10-16-8-11-5-4-7-14-12(11)9-16/h11-12,14H,2-10H2,1H3,(H,15,17)/t11-,12+/m0/s1. The van der Waals surface area contributed by atoms with Gasteiger partial charge >= 0.3 is 0 Å². The van der Waals surface area contributed by atoms with Gasteiger partial charge in [0.1, 0.15) is 0 Å². The molecule has 0 aromatic carbocycles. The van der Waals surface area contributed by atoms with Crippen LogP contribution < -0.4 is 10.6 Å². The summed E-state index contributed by atoms with van der Waals surface area (Å²) in [6.45, 7) is 6.85. The van der Waals surface area contributed by atoms with Crippen molar-refractivity contribution in [2.45, 2.75) is 38.6 Å². The summed E-state index contributed by atoms with van der Waals surface area (Å²) < 4.78 is 0. The van der Waals surface area contributed by atoms with E-state index in [4.69, 9.17) is 0 Å². The van der Waals surface area contributed by atoms with E-state index in [9.17, 15) is 4.79 Å². The Bertz CT molecular complexity index is 243. The van der Waals surface area contributed by atoms with Crippen molar-refractivity contribution >= 4 is 5.91 Å². The van der Waals surface area contributed by atoms with Crippen LogP contribution in [0.3, 0.4) is 0 Å². The molecule has 2 atom stereocenters. The Labute approximate surface area is 104 Å². The molecule has 2 N–H and O–H groups in total. The van der Waals surface area contributed by atoms with Gasteiger partial charge in [0.2, 0.25) is 5.91 Å². The second-order valence-corrected chi connectivity index (χ2v) is 5.36. The van der Waals surface area contributed by atoms with Crippen LogP contribution in [-0.2, 0) is 4.79 Å². The second kappa shape index (κ2) is 6.36. The maximum absolute atomic E-state index is 11.7. The normalized spacial score (nSPS) is 29.0. The fourth-order valence-electron chi connectivity index (χ4n) is 2.93. The highest BCUT2D eigenvalue weighted by atomic mass is 16.2. The van der Waals surface area contributed by atoms with Crippen molar-refractivity contribution in [3.8, 4) is 0 Å². The Morgan fingerprint density at radius 1 is 1.47 bits per heavy atom. The largest absolute Gasteiger partial charge is 0.355 e. The van der Waals surface area contributed by atoms with E-state index in [2.05, 4.69) is 22.5 Å². The first-order valence-corrected chi connectivity index (χ1v) is 7.02. The summed E-state index contributed by atoms with van der Waals surface area (Å²) >= 11 is 0. The zero-order valence-electron chi connectivity index (χ0n) is 10.9. The van der Waals surface area contributed by atoms with Crippen LogP contribution in [0, 0.1) is 5.92 Å². The van der Waals surface area contributed by atoms with Gasteiger partial charge in [-0.2, -0.15) is 0 Å². The first-order valence-electron chi connectivity index (χ1n) is 7.02. The Morgan fingerprint density at radius 2 is 2.35 bits per heavy atom. The van der Waals surface area contributed by atoms with E-state index in [1.54, 1.807) is 0 Å². The molecule has 0 radical (unpaired) electrons. The third-order valence-corrected chi connectivity index (χ3v) is 3.89. The number of hydrogen-bond acceptors (Lipinski definition) is 3. The number of nitrogens with one attached hydrogen (secondary N) is 2. The SMILES string of the molecule is CCCCNC(=O)CN1C[C@@H]2CCCN[C@@H]2C1. The molecule has 2 aliphatic heterocycles. The number of fused-ring (bicyclic) bond motifs is 1. The van der Waals surface area contributed by atoms with Crippen LogP contribution in [0.2, 0.25) is 0 Å². The molecule has 2 rings (SSSR count). The van der Waals surface area contributed by atoms with Crippen molar-refractivity contribution < 1.29 is 4.79 Å². The van der Waals surface area contributed by atoms with Gasteiger partial charge in [-0.05, 0) is 31.7 Å². The van der Waals surface area contributed by atoms with Crippen LogP contribution >= 0.6 is 0 Å². The number of rotatable bonds is 5. The number of carbonyl (C=O) groups is 1. The van der Waals surface area contributed by atoms with Gasteiger partial charge in [0, 0.05) is 25.7 Å². The molecular weight excluding hydrogens is 214 g/mol. The molecule has 0 saturated carbocycles. The highest BCUT2D eigenvalue weighted by Gasteiger charge is 2.34. The first-order chi connectivity index (χ1) is 8.29. The molecule has 0 spiro atoms. The molecule has 98 valence electrons. The second-order valence-electron chi connectivity index (χ2n) is 5.36. The minimum Gasteiger partial charge on any atom is -0.355 e. The number of amides is 1. The van der Waals surface area contributed by atoms with E-state index < -0.39 is 0 Å².